The van der Waals surface area contributed by atoms with Gasteiger partial charge in [0.25, 0.3) is 0 Å². The number of rotatable bonds is 2. The van der Waals surface area contributed by atoms with Crippen LogP contribution in [-0.4, -0.2) is 56.9 Å². The zero-order valence-electron chi connectivity index (χ0n) is 8.91. The van der Waals surface area contributed by atoms with Crippen LogP contribution in [0.1, 0.15) is 6.42 Å². The molecule has 4 heteroatoms. The molecular formula is C10H21N3O. The first kappa shape index (κ1) is 10.4. The van der Waals surface area contributed by atoms with Crippen molar-refractivity contribution >= 4 is 0 Å². The Morgan fingerprint density at radius 3 is 3.00 bits per heavy atom. The number of nitrogens with one attached hydrogen (secondary N) is 1. The summed E-state index contributed by atoms with van der Waals surface area (Å²) in [6.45, 7) is 5.00. The summed E-state index contributed by atoms with van der Waals surface area (Å²) in [7, 11) is 2.16. The van der Waals surface area contributed by atoms with Crippen molar-refractivity contribution in [2.24, 2.45) is 11.7 Å². The van der Waals surface area contributed by atoms with Crippen molar-refractivity contribution < 1.29 is 4.74 Å². The van der Waals surface area contributed by atoms with Crippen molar-refractivity contribution in [1.29, 1.82) is 0 Å². The lowest BCUT2D eigenvalue weighted by Gasteiger charge is -2.31. The van der Waals surface area contributed by atoms with Crippen LogP contribution in [0.2, 0.25) is 0 Å². The largest absolute Gasteiger partial charge is 0.374 e. The van der Waals surface area contributed by atoms with Crippen LogP contribution in [0.4, 0.5) is 0 Å². The zero-order valence-corrected chi connectivity index (χ0v) is 8.91. The molecule has 0 aromatic carbocycles. The molecule has 4 nitrogen and oxygen atoms in total. The van der Waals surface area contributed by atoms with Gasteiger partial charge in [-0.25, -0.2) is 0 Å². The van der Waals surface area contributed by atoms with Crippen molar-refractivity contribution in [3.05, 3.63) is 0 Å². The van der Waals surface area contributed by atoms with E-state index in [1.165, 1.54) is 13.0 Å². The number of morpholine rings is 1. The molecule has 2 aliphatic heterocycles. The average molecular weight is 199 g/mol. The number of hydrogen-bond acceptors (Lipinski definition) is 4. The van der Waals surface area contributed by atoms with E-state index >= 15 is 0 Å². The van der Waals surface area contributed by atoms with Gasteiger partial charge in [-0.3, -0.25) is 0 Å². The minimum absolute atomic E-state index is 0.202. The highest BCUT2D eigenvalue weighted by Crippen LogP contribution is 2.20. The molecule has 2 saturated heterocycles. The van der Waals surface area contributed by atoms with Crippen LogP contribution in [0.15, 0.2) is 0 Å². The molecule has 2 aliphatic rings. The number of likely N-dealkylation sites (tertiary alicyclic amines) is 1. The first-order valence-electron chi connectivity index (χ1n) is 5.54. The molecule has 0 amide bonds. The van der Waals surface area contributed by atoms with Gasteiger partial charge in [0.15, 0.2) is 0 Å². The number of nitrogens with zero attached hydrogens (tertiary/aromatic N) is 1. The molecule has 82 valence electrons. The fraction of sp³-hybridized carbons (Fsp3) is 1.00. The third kappa shape index (κ3) is 2.25. The fourth-order valence-electron chi connectivity index (χ4n) is 2.42. The summed E-state index contributed by atoms with van der Waals surface area (Å²) in [5.74, 6) is 0.616. The normalized spacial score (nSPS) is 37.3. The van der Waals surface area contributed by atoms with E-state index in [4.69, 9.17) is 10.5 Å². The Morgan fingerprint density at radius 1 is 1.57 bits per heavy atom. The van der Waals surface area contributed by atoms with Crippen molar-refractivity contribution in [3.8, 4) is 0 Å². The predicted octanol–water partition coefficient (Wildman–Crippen LogP) is -0.746. The van der Waals surface area contributed by atoms with Gasteiger partial charge in [0.1, 0.15) is 0 Å². The Labute approximate surface area is 85.8 Å². The third-order valence-corrected chi connectivity index (χ3v) is 3.36. The smallest absolute Gasteiger partial charge is 0.0853 e. The SMILES string of the molecule is CN1CCC(C(N)C2CNCCO2)C1. The molecule has 2 heterocycles. The third-order valence-electron chi connectivity index (χ3n) is 3.36. The highest BCUT2D eigenvalue weighted by atomic mass is 16.5. The summed E-state index contributed by atoms with van der Waals surface area (Å²) in [4.78, 5) is 2.35. The van der Waals surface area contributed by atoms with Crippen molar-refractivity contribution in [2.75, 3.05) is 39.8 Å². The predicted molar refractivity (Wildman–Crippen MR) is 56.2 cm³/mol. The molecule has 0 aromatic heterocycles. The number of nitrogens with two attached hydrogens (primary N) is 1. The highest BCUT2D eigenvalue weighted by molar-refractivity contribution is 4.88. The molecule has 3 atom stereocenters. The Bertz CT molecular complexity index is 177. The van der Waals surface area contributed by atoms with E-state index in [0.29, 0.717) is 5.92 Å². The Hall–Kier alpha value is -0.160. The quantitative estimate of drug-likeness (QED) is 0.615. The van der Waals surface area contributed by atoms with Crippen LogP contribution in [-0.2, 0) is 4.74 Å². The minimum Gasteiger partial charge on any atom is -0.374 e. The molecule has 2 rings (SSSR count). The van der Waals surface area contributed by atoms with Gasteiger partial charge in [-0.15, -0.1) is 0 Å². The van der Waals surface area contributed by atoms with E-state index in [0.717, 1.165) is 26.2 Å². The molecule has 2 fully saturated rings. The Kier molecular flexibility index (Phi) is 3.38. The number of hydrogen-bond donors (Lipinski definition) is 2. The molecule has 3 N–H and O–H groups in total. The molecule has 3 unspecified atom stereocenters. The maximum atomic E-state index is 6.22. The van der Waals surface area contributed by atoms with Crippen molar-refractivity contribution in [1.82, 2.24) is 10.2 Å². The van der Waals surface area contributed by atoms with E-state index in [2.05, 4.69) is 17.3 Å². The van der Waals surface area contributed by atoms with E-state index in [1.54, 1.807) is 0 Å². The number of ether oxygens (including phenoxy) is 1. The molecule has 0 bridgehead atoms. The highest BCUT2D eigenvalue weighted by Gasteiger charge is 2.31. The van der Waals surface area contributed by atoms with Gasteiger partial charge in [0.05, 0.1) is 12.7 Å². The molecule has 0 radical (unpaired) electrons. The monoisotopic (exact) mass is 199 g/mol. The summed E-state index contributed by atoms with van der Waals surface area (Å²) in [5, 5.41) is 3.33. The van der Waals surface area contributed by atoms with Crippen LogP contribution >= 0.6 is 0 Å². The van der Waals surface area contributed by atoms with Crippen molar-refractivity contribution in [3.63, 3.8) is 0 Å². The van der Waals surface area contributed by atoms with Gasteiger partial charge in [-0.2, -0.15) is 0 Å². The molecular weight excluding hydrogens is 178 g/mol. The minimum atomic E-state index is 0.202. The molecule has 14 heavy (non-hydrogen) atoms. The lowest BCUT2D eigenvalue weighted by molar-refractivity contribution is 0.00119. The first-order valence-corrected chi connectivity index (χ1v) is 5.54. The lowest BCUT2D eigenvalue weighted by atomic mass is 9.94. The van der Waals surface area contributed by atoms with E-state index < -0.39 is 0 Å². The van der Waals surface area contributed by atoms with Crippen LogP contribution in [0.5, 0.6) is 0 Å². The molecule has 0 aliphatic carbocycles. The summed E-state index contributed by atoms with van der Waals surface area (Å²) < 4.78 is 5.68. The van der Waals surface area contributed by atoms with Crippen LogP contribution < -0.4 is 11.1 Å². The standard InChI is InChI=1S/C10H21N3O/c1-13-4-2-8(7-13)10(11)9-6-12-3-5-14-9/h8-10,12H,2-7,11H2,1H3. The Balaban J connectivity index is 1.84. The van der Waals surface area contributed by atoms with Gasteiger partial charge in [-0.1, -0.05) is 0 Å². The second-order valence-electron chi connectivity index (χ2n) is 4.50. The van der Waals surface area contributed by atoms with Crippen LogP contribution in [0, 0.1) is 5.92 Å². The van der Waals surface area contributed by atoms with Gasteiger partial charge < -0.3 is 20.7 Å². The molecule has 0 spiro atoms. The summed E-state index contributed by atoms with van der Waals surface area (Å²) in [5.41, 5.74) is 6.22. The molecule has 0 aromatic rings. The van der Waals surface area contributed by atoms with Gasteiger partial charge in [0.2, 0.25) is 0 Å². The second kappa shape index (κ2) is 4.57. The van der Waals surface area contributed by atoms with E-state index in [-0.39, 0.29) is 12.1 Å². The maximum absolute atomic E-state index is 6.22. The topological polar surface area (TPSA) is 50.5 Å². The van der Waals surface area contributed by atoms with E-state index in [9.17, 15) is 0 Å². The first-order chi connectivity index (χ1) is 6.77. The van der Waals surface area contributed by atoms with Gasteiger partial charge >= 0.3 is 0 Å². The van der Waals surface area contributed by atoms with Gasteiger partial charge in [0, 0.05) is 25.7 Å². The second-order valence-corrected chi connectivity index (χ2v) is 4.50. The maximum Gasteiger partial charge on any atom is 0.0853 e. The lowest BCUT2D eigenvalue weighted by Crippen LogP contribution is -2.52. The molecule has 0 saturated carbocycles. The van der Waals surface area contributed by atoms with E-state index in [1.807, 2.05) is 0 Å². The summed E-state index contributed by atoms with van der Waals surface area (Å²) in [6, 6.07) is 0.202. The average Bonchev–Trinajstić information content (AvgIpc) is 2.65. The van der Waals surface area contributed by atoms with Gasteiger partial charge in [-0.05, 0) is 25.9 Å². The Morgan fingerprint density at radius 2 is 2.43 bits per heavy atom. The summed E-state index contributed by atoms with van der Waals surface area (Å²) >= 11 is 0. The van der Waals surface area contributed by atoms with Crippen molar-refractivity contribution in [2.45, 2.75) is 18.6 Å². The fourth-order valence-corrected chi connectivity index (χ4v) is 2.42. The van der Waals surface area contributed by atoms with Crippen LogP contribution in [0.25, 0.3) is 0 Å². The summed E-state index contributed by atoms with van der Waals surface area (Å²) in [6.07, 6.45) is 1.44. The zero-order chi connectivity index (χ0) is 9.97. The van der Waals surface area contributed by atoms with Crippen LogP contribution in [0.3, 0.4) is 0 Å².